The van der Waals surface area contributed by atoms with Gasteiger partial charge in [-0.05, 0) is 33.4 Å². The monoisotopic (exact) mass is 710 g/mol. The summed E-state index contributed by atoms with van der Waals surface area (Å²) in [5.41, 5.74) is 12.9. The molecule has 0 saturated carbocycles. The quantitative estimate of drug-likeness (QED) is 0.126. The third-order valence-corrected chi connectivity index (χ3v) is 8.39. The summed E-state index contributed by atoms with van der Waals surface area (Å²) in [6.45, 7) is 8.62. The standard InChI is InChI=1S/2C22H17.C2H6Si.Zr/c2*1-16-14-18-10-7-13-21(22(18)15-16)20-12-6-5-11-19(20)17-8-3-2-4-9-17;1-3-2;/h2*2-15H,1H3;1-2H3;/q2*-1;;+2. The molecule has 0 aliphatic carbocycles. The predicted octanol–water partition coefficient (Wildman–Crippen LogP) is 13.2. The fourth-order valence-electron chi connectivity index (χ4n) is 6.41. The van der Waals surface area contributed by atoms with E-state index in [0.29, 0.717) is 0 Å². The first kappa shape index (κ1) is 35.0. The van der Waals surface area contributed by atoms with Crippen LogP contribution in [0.3, 0.4) is 0 Å². The van der Waals surface area contributed by atoms with Crippen LogP contribution in [-0.4, -0.2) is 9.52 Å². The Bertz CT molecular complexity index is 2040. The first-order chi connectivity index (χ1) is 23.1. The molecule has 0 bridgehead atoms. The van der Waals surface area contributed by atoms with Crippen molar-refractivity contribution in [2.24, 2.45) is 0 Å². The second kappa shape index (κ2) is 16.6. The van der Waals surface area contributed by atoms with Crippen LogP contribution in [0.1, 0.15) is 11.1 Å². The van der Waals surface area contributed by atoms with Gasteiger partial charge in [0.25, 0.3) is 0 Å². The molecule has 0 atom stereocenters. The van der Waals surface area contributed by atoms with Crippen LogP contribution >= 0.6 is 0 Å². The van der Waals surface area contributed by atoms with Crippen molar-refractivity contribution in [3.05, 3.63) is 181 Å². The first-order valence-corrected chi connectivity index (χ1v) is 18.3. The van der Waals surface area contributed by atoms with Crippen molar-refractivity contribution in [1.82, 2.24) is 0 Å². The third-order valence-electron chi connectivity index (χ3n) is 8.39. The largest absolute Gasteiger partial charge is 2.00 e. The molecule has 8 aromatic carbocycles. The molecule has 232 valence electrons. The minimum atomic E-state index is 0. The summed E-state index contributed by atoms with van der Waals surface area (Å²) in [5, 5.41) is 5.31. The Morgan fingerprint density at radius 1 is 0.375 bits per heavy atom. The molecule has 8 aromatic rings. The Kier molecular flexibility index (Phi) is 12.1. The summed E-state index contributed by atoms with van der Waals surface area (Å²) in [5.74, 6) is 0. The van der Waals surface area contributed by atoms with Crippen LogP contribution < -0.4 is 0 Å². The Balaban J connectivity index is 0.000000171. The SMILES string of the molecule is C[Si]C.Cc1cc2c(-c3ccccc3-c3ccccc3)cccc2[cH-]1.Cc1cc2c(-c3ccccc3-c3ccccc3)cccc2[cH-]1.[Zr+2]. The van der Waals surface area contributed by atoms with E-state index in [-0.39, 0.29) is 26.2 Å². The molecule has 0 aliphatic heterocycles. The van der Waals surface area contributed by atoms with Gasteiger partial charge in [0.05, 0.1) is 0 Å². The summed E-state index contributed by atoms with van der Waals surface area (Å²) in [4.78, 5) is 0. The Hall–Kier alpha value is -4.36. The summed E-state index contributed by atoms with van der Waals surface area (Å²) >= 11 is 0. The van der Waals surface area contributed by atoms with Crippen molar-refractivity contribution >= 4 is 31.1 Å². The number of hydrogen-bond acceptors (Lipinski definition) is 0. The molecule has 0 spiro atoms. The number of fused-ring (bicyclic) bond motifs is 2. The molecule has 0 fully saturated rings. The smallest absolute Gasteiger partial charge is 0.165 e. The van der Waals surface area contributed by atoms with Gasteiger partial charge in [-0.15, -0.1) is 69.1 Å². The maximum atomic E-state index is 2.28. The second-order valence-corrected chi connectivity index (χ2v) is 13.0. The Morgan fingerprint density at radius 2 is 0.688 bits per heavy atom. The van der Waals surface area contributed by atoms with E-state index in [0.717, 1.165) is 9.52 Å². The average molecular weight is 712 g/mol. The molecule has 0 nitrogen and oxygen atoms in total. The maximum Gasteiger partial charge on any atom is 2.00 e. The van der Waals surface area contributed by atoms with Crippen molar-refractivity contribution in [3.63, 3.8) is 0 Å². The van der Waals surface area contributed by atoms with Crippen LogP contribution in [0.25, 0.3) is 66.1 Å². The van der Waals surface area contributed by atoms with Gasteiger partial charge in [0.2, 0.25) is 0 Å². The molecule has 0 aromatic heterocycles. The van der Waals surface area contributed by atoms with Gasteiger partial charge in [0.15, 0.2) is 0 Å². The van der Waals surface area contributed by atoms with Gasteiger partial charge in [-0.25, -0.2) is 0 Å². The number of aryl methyl sites for hydroxylation is 2. The molecule has 2 heteroatoms. The normalized spacial score (nSPS) is 10.4. The van der Waals surface area contributed by atoms with Crippen LogP contribution in [0.2, 0.25) is 13.1 Å². The van der Waals surface area contributed by atoms with Crippen LogP contribution in [0.4, 0.5) is 0 Å². The fraction of sp³-hybridized carbons (Fsp3) is 0.0870. The zero-order valence-electron chi connectivity index (χ0n) is 28.2. The van der Waals surface area contributed by atoms with Crippen molar-refractivity contribution in [1.29, 1.82) is 0 Å². The molecule has 48 heavy (non-hydrogen) atoms. The van der Waals surface area contributed by atoms with Crippen molar-refractivity contribution in [2.45, 2.75) is 26.9 Å². The van der Waals surface area contributed by atoms with E-state index in [1.54, 1.807) is 0 Å². The molecule has 0 N–H and O–H groups in total. The van der Waals surface area contributed by atoms with Gasteiger partial charge in [-0.2, -0.15) is 12.1 Å². The van der Waals surface area contributed by atoms with E-state index in [1.807, 2.05) is 0 Å². The van der Waals surface area contributed by atoms with Crippen LogP contribution in [0.15, 0.2) is 170 Å². The molecule has 0 unspecified atom stereocenters. The van der Waals surface area contributed by atoms with Gasteiger partial charge in [0.1, 0.15) is 0 Å². The van der Waals surface area contributed by atoms with E-state index in [9.17, 15) is 0 Å². The second-order valence-electron chi connectivity index (χ2n) is 12.0. The predicted molar refractivity (Wildman–Crippen MR) is 208 cm³/mol. The van der Waals surface area contributed by atoms with Gasteiger partial charge >= 0.3 is 26.2 Å². The van der Waals surface area contributed by atoms with Gasteiger partial charge in [-0.1, -0.05) is 159 Å². The minimum absolute atomic E-state index is 0. The molecular weight excluding hydrogens is 672 g/mol. The minimum Gasteiger partial charge on any atom is -0.165 e. The summed E-state index contributed by atoms with van der Waals surface area (Å²) in [7, 11) is 1.08. The molecule has 0 heterocycles. The van der Waals surface area contributed by atoms with Gasteiger partial charge < -0.3 is 0 Å². The molecule has 0 aliphatic rings. The van der Waals surface area contributed by atoms with Crippen LogP contribution in [0, 0.1) is 13.8 Å². The van der Waals surface area contributed by atoms with E-state index >= 15 is 0 Å². The first-order valence-electron chi connectivity index (χ1n) is 16.3. The number of benzene rings is 6. The van der Waals surface area contributed by atoms with Gasteiger partial charge in [0, 0.05) is 9.52 Å². The van der Waals surface area contributed by atoms with Crippen LogP contribution in [-0.2, 0) is 26.2 Å². The number of rotatable bonds is 4. The maximum absolute atomic E-state index is 2.28. The third kappa shape index (κ3) is 7.84. The Morgan fingerprint density at radius 3 is 1.06 bits per heavy atom. The van der Waals surface area contributed by atoms with Crippen molar-refractivity contribution < 1.29 is 26.2 Å². The van der Waals surface area contributed by atoms with E-state index in [2.05, 4.69) is 197 Å². The molecule has 8 rings (SSSR count). The van der Waals surface area contributed by atoms with Crippen LogP contribution in [0.5, 0.6) is 0 Å². The van der Waals surface area contributed by atoms with Crippen molar-refractivity contribution in [3.8, 4) is 44.5 Å². The van der Waals surface area contributed by atoms with E-state index in [4.69, 9.17) is 0 Å². The zero-order chi connectivity index (χ0) is 32.6. The Labute approximate surface area is 307 Å². The summed E-state index contributed by atoms with van der Waals surface area (Å²) in [6.07, 6.45) is 0. The topological polar surface area (TPSA) is 0 Å². The molecule has 0 saturated heterocycles. The average Bonchev–Trinajstić information content (AvgIpc) is 3.70. The zero-order valence-corrected chi connectivity index (χ0v) is 31.6. The molecular formula is C46H40SiZr. The van der Waals surface area contributed by atoms with E-state index < -0.39 is 0 Å². The molecule has 0 amide bonds. The van der Waals surface area contributed by atoms with E-state index in [1.165, 1.54) is 77.2 Å². The van der Waals surface area contributed by atoms with Gasteiger partial charge in [-0.3, -0.25) is 0 Å². The number of hydrogen-bond donors (Lipinski definition) is 0. The summed E-state index contributed by atoms with van der Waals surface area (Å²) in [6, 6.07) is 60.8. The molecule has 2 radical (unpaired) electrons. The summed E-state index contributed by atoms with van der Waals surface area (Å²) < 4.78 is 0. The van der Waals surface area contributed by atoms with Crippen molar-refractivity contribution in [2.75, 3.05) is 0 Å². The fourth-order valence-corrected chi connectivity index (χ4v) is 6.41.